The number of hydrogen-bond donors (Lipinski definition) is 1. The predicted octanol–water partition coefficient (Wildman–Crippen LogP) is 4.35. The van der Waals surface area contributed by atoms with E-state index in [0.29, 0.717) is 0 Å². The van der Waals surface area contributed by atoms with Crippen LogP contribution < -0.4 is 5.73 Å². The Hall–Kier alpha value is -1.71. The minimum Gasteiger partial charge on any atom is -0.320 e. The van der Waals surface area contributed by atoms with Gasteiger partial charge in [0.05, 0.1) is 11.6 Å². The Morgan fingerprint density at radius 2 is 1.95 bits per heavy atom. The van der Waals surface area contributed by atoms with E-state index in [4.69, 9.17) is 5.73 Å². The number of rotatable bonds is 2. The summed E-state index contributed by atoms with van der Waals surface area (Å²) < 4.78 is 1.06. The van der Waals surface area contributed by atoms with Gasteiger partial charge in [-0.3, -0.25) is 4.98 Å². The first-order valence-corrected chi connectivity index (χ1v) is 7.31. The second-order valence-corrected chi connectivity index (χ2v) is 5.87. The van der Waals surface area contributed by atoms with Crippen LogP contribution in [0.25, 0.3) is 10.9 Å². The van der Waals surface area contributed by atoms with E-state index < -0.39 is 0 Å². The molecule has 0 aliphatic rings. The minimum atomic E-state index is -0.154. The van der Waals surface area contributed by atoms with Gasteiger partial charge in [0.15, 0.2) is 0 Å². The molecule has 2 aromatic carbocycles. The normalized spacial score (nSPS) is 12.6. The molecule has 0 radical (unpaired) electrons. The zero-order valence-electron chi connectivity index (χ0n) is 11.2. The second-order valence-electron chi connectivity index (χ2n) is 4.96. The highest BCUT2D eigenvalue weighted by atomic mass is 79.9. The third-order valence-electron chi connectivity index (χ3n) is 3.44. The van der Waals surface area contributed by atoms with Crippen molar-refractivity contribution in [1.29, 1.82) is 0 Å². The summed E-state index contributed by atoms with van der Waals surface area (Å²) in [7, 11) is 0. The third kappa shape index (κ3) is 2.47. The summed E-state index contributed by atoms with van der Waals surface area (Å²) in [6.07, 6.45) is 1.81. The number of pyridine rings is 1. The zero-order chi connectivity index (χ0) is 14.1. The van der Waals surface area contributed by atoms with E-state index in [9.17, 15) is 0 Å². The van der Waals surface area contributed by atoms with Crippen LogP contribution in [0, 0.1) is 6.92 Å². The first-order chi connectivity index (χ1) is 9.65. The molecule has 3 rings (SSSR count). The molecule has 0 saturated carbocycles. The predicted molar refractivity (Wildman–Crippen MR) is 86.7 cm³/mol. The summed E-state index contributed by atoms with van der Waals surface area (Å²) in [5.41, 5.74) is 10.9. The molecule has 1 heterocycles. The van der Waals surface area contributed by atoms with Crippen molar-refractivity contribution in [3.05, 3.63) is 75.9 Å². The van der Waals surface area contributed by atoms with Crippen molar-refractivity contribution < 1.29 is 0 Å². The lowest BCUT2D eigenvalue weighted by Crippen LogP contribution is -2.12. The fraction of sp³-hybridized carbons (Fsp3) is 0.118. The summed E-state index contributed by atoms with van der Waals surface area (Å²) >= 11 is 3.54. The highest BCUT2D eigenvalue weighted by Gasteiger charge is 2.13. The molecule has 0 aliphatic heterocycles. The number of aromatic nitrogens is 1. The van der Waals surface area contributed by atoms with Crippen molar-refractivity contribution in [1.82, 2.24) is 4.98 Å². The van der Waals surface area contributed by atoms with Crippen LogP contribution in [-0.2, 0) is 0 Å². The number of nitrogens with zero attached hydrogens (tertiary/aromatic N) is 1. The van der Waals surface area contributed by atoms with Crippen molar-refractivity contribution in [3.8, 4) is 0 Å². The average molecular weight is 327 g/mol. The molecule has 3 heteroatoms. The molecule has 1 atom stereocenters. The summed E-state index contributed by atoms with van der Waals surface area (Å²) in [5, 5.41) is 1.11. The standard InChI is InChI=1S/C17H15BrN2/c1-11-8-12(10-13(18)9-11)17(19)15-4-2-6-16-14(15)5-3-7-20-16/h2-10,17H,19H2,1H3. The van der Waals surface area contributed by atoms with Gasteiger partial charge in [0.25, 0.3) is 0 Å². The SMILES string of the molecule is Cc1cc(Br)cc(C(N)c2cccc3ncccc23)c1. The second kappa shape index (κ2) is 5.35. The van der Waals surface area contributed by atoms with Crippen molar-refractivity contribution in [2.75, 3.05) is 0 Å². The lowest BCUT2D eigenvalue weighted by atomic mass is 9.95. The first kappa shape index (κ1) is 13.3. The van der Waals surface area contributed by atoms with Gasteiger partial charge in [0.2, 0.25) is 0 Å². The van der Waals surface area contributed by atoms with E-state index in [-0.39, 0.29) is 6.04 Å². The Labute approximate surface area is 126 Å². The van der Waals surface area contributed by atoms with E-state index in [1.54, 1.807) is 6.20 Å². The van der Waals surface area contributed by atoms with Crippen molar-refractivity contribution in [3.63, 3.8) is 0 Å². The molecule has 100 valence electrons. The molecule has 2 nitrogen and oxygen atoms in total. The lowest BCUT2D eigenvalue weighted by molar-refractivity contribution is 0.877. The van der Waals surface area contributed by atoms with Crippen molar-refractivity contribution >= 4 is 26.8 Å². The first-order valence-electron chi connectivity index (χ1n) is 6.51. The molecule has 2 N–H and O–H groups in total. The van der Waals surface area contributed by atoms with Crippen LogP contribution in [-0.4, -0.2) is 4.98 Å². The van der Waals surface area contributed by atoms with E-state index in [1.165, 1.54) is 5.56 Å². The Kier molecular flexibility index (Phi) is 3.55. The van der Waals surface area contributed by atoms with Crippen LogP contribution >= 0.6 is 15.9 Å². The van der Waals surface area contributed by atoms with Crippen LogP contribution in [0.1, 0.15) is 22.7 Å². The molecule has 0 amide bonds. The van der Waals surface area contributed by atoms with Gasteiger partial charge in [-0.15, -0.1) is 0 Å². The number of benzene rings is 2. The average Bonchev–Trinajstić information content (AvgIpc) is 2.45. The Balaban J connectivity index is 2.15. The molecule has 0 bridgehead atoms. The molecule has 0 saturated heterocycles. The van der Waals surface area contributed by atoms with Gasteiger partial charge in [-0.1, -0.05) is 40.2 Å². The quantitative estimate of drug-likeness (QED) is 0.760. The highest BCUT2D eigenvalue weighted by Crippen LogP contribution is 2.28. The molecular formula is C17H15BrN2. The largest absolute Gasteiger partial charge is 0.320 e. The number of fused-ring (bicyclic) bond motifs is 1. The van der Waals surface area contributed by atoms with Crippen LogP contribution in [0.5, 0.6) is 0 Å². The van der Waals surface area contributed by atoms with E-state index in [0.717, 1.165) is 26.5 Å². The summed E-state index contributed by atoms with van der Waals surface area (Å²) in [6.45, 7) is 2.08. The molecule has 3 aromatic rings. The molecule has 0 fully saturated rings. The molecule has 0 aliphatic carbocycles. The van der Waals surface area contributed by atoms with Gasteiger partial charge in [0.1, 0.15) is 0 Å². The Morgan fingerprint density at radius 3 is 2.75 bits per heavy atom. The smallest absolute Gasteiger partial charge is 0.0705 e. The van der Waals surface area contributed by atoms with Crippen LogP contribution in [0.15, 0.2) is 59.2 Å². The third-order valence-corrected chi connectivity index (χ3v) is 3.90. The number of aryl methyl sites for hydroxylation is 1. The van der Waals surface area contributed by atoms with Crippen LogP contribution in [0.2, 0.25) is 0 Å². The van der Waals surface area contributed by atoms with E-state index in [2.05, 4.69) is 58.2 Å². The van der Waals surface area contributed by atoms with Gasteiger partial charge in [0, 0.05) is 16.1 Å². The number of hydrogen-bond acceptors (Lipinski definition) is 2. The maximum Gasteiger partial charge on any atom is 0.0705 e. The molecule has 20 heavy (non-hydrogen) atoms. The maximum atomic E-state index is 6.47. The maximum absolute atomic E-state index is 6.47. The Bertz CT molecular complexity index is 742. The van der Waals surface area contributed by atoms with E-state index >= 15 is 0 Å². The van der Waals surface area contributed by atoms with Gasteiger partial charge < -0.3 is 5.73 Å². The summed E-state index contributed by atoms with van der Waals surface area (Å²) in [4.78, 5) is 4.39. The van der Waals surface area contributed by atoms with Gasteiger partial charge in [-0.2, -0.15) is 0 Å². The molecule has 1 unspecified atom stereocenters. The fourth-order valence-corrected chi connectivity index (χ4v) is 3.15. The fourth-order valence-electron chi connectivity index (χ4n) is 2.52. The van der Waals surface area contributed by atoms with Crippen LogP contribution in [0.4, 0.5) is 0 Å². The van der Waals surface area contributed by atoms with Gasteiger partial charge in [-0.25, -0.2) is 0 Å². The monoisotopic (exact) mass is 326 g/mol. The lowest BCUT2D eigenvalue weighted by Gasteiger charge is -2.16. The zero-order valence-corrected chi connectivity index (χ0v) is 12.8. The molecular weight excluding hydrogens is 312 g/mol. The van der Waals surface area contributed by atoms with Crippen molar-refractivity contribution in [2.45, 2.75) is 13.0 Å². The number of halogens is 1. The minimum absolute atomic E-state index is 0.154. The molecule has 1 aromatic heterocycles. The van der Waals surface area contributed by atoms with Crippen LogP contribution in [0.3, 0.4) is 0 Å². The van der Waals surface area contributed by atoms with E-state index in [1.807, 2.05) is 18.2 Å². The summed E-state index contributed by atoms with van der Waals surface area (Å²) in [5.74, 6) is 0. The van der Waals surface area contributed by atoms with Crippen molar-refractivity contribution in [2.24, 2.45) is 5.73 Å². The summed E-state index contributed by atoms with van der Waals surface area (Å²) in [6, 6.07) is 16.3. The Morgan fingerprint density at radius 1 is 1.10 bits per heavy atom. The van der Waals surface area contributed by atoms with Gasteiger partial charge >= 0.3 is 0 Å². The molecule has 0 spiro atoms. The number of nitrogens with two attached hydrogens (primary N) is 1. The topological polar surface area (TPSA) is 38.9 Å². The van der Waals surface area contributed by atoms with Gasteiger partial charge in [-0.05, 0) is 47.9 Å². The highest BCUT2D eigenvalue weighted by molar-refractivity contribution is 9.10.